The van der Waals surface area contributed by atoms with Crippen molar-refractivity contribution >= 4 is 38.8 Å². The number of pyridine rings is 2. The lowest BCUT2D eigenvalue weighted by Crippen LogP contribution is -2.21. The van der Waals surface area contributed by atoms with Gasteiger partial charge in [-0.1, -0.05) is 57.7 Å². The van der Waals surface area contributed by atoms with Gasteiger partial charge in [0, 0.05) is 29.6 Å². The highest BCUT2D eigenvalue weighted by atomic mass is 16.5. The van der Waals surface area contributed by atoms with Gasteiger partial charge in [-0.2, -0.15) is 0 Å². The van der Waals surface area contributed by atoms with E-state index in [2.05, 4.69) is 50.5 Å². The molecule has 3 aromatic carbocycles. The predicted molar refractivity (Wildman–Crippen MR) is 175 cm³/mol. The number of esters is 1. The smallest absolute Gasteiger partial charge is 0.336 e. The van der Waals surface area contributed by atoms with Crippen LogP contribution < -0.4 is 10.4 Å². The summed E-state index contributed by atoms with van der Waals surface area (Å²) in [6, 6.07) is 21.9. The molecular weight excluding hydrogens is 552 g/mol. The van der Waals surface area contributed by atoms with Gasteiger partial charge in [0.05, 0.1) is 40.6 Å². The van der Waals surface area contributed by atoms with E-state index in [-0.39, 0.29) is 29.9 Å². The van der Waals surface area contributed by atoms with E-state index < -0.39 is 5.97 Å². The Balaban J connectivity index is 1.42. The second-order valence-corrected chi connectivity index (χ2v) is 11.9. The summed E-state index contributed by atoms with van der Waals surface area (Å²) in [4.78, 5) is 34.9. The van der Waals surface area contributed by atoms with E-state index in [9.17, 15) is 9.59 Å². The topological polar surface area (TPSA) is 88.2 Å². The van der Waals surface area contributed by atoms with Crippen LogP contribution in [-0.4, -0.2) is 38.3 Å². The third-order valence-electron chi connectivity index (χ3n) is 7.85. The Morgan fingerprint density at radius 2 is 1.73 bits per heavy atom. The van der Waals surface area contributed by atoms with Crippen LogP contribution in [0.4, 0.5) is 0 Å². The minimum Gasteiger partial charge on any atom is -0.486 e. The van der Waals surface area contributed by atoms with E-state index in [1.54, 1.807) is 35.5 Å². The zero-order chi connectivity index (χ0) is 31.2. The molecule has 0 aliphatic rings. The molecule has 0 fully saturated rings. The standard InChI is InChI=1S/C36H34N4O4/c1-7-43-34(41)22(2)21-44-31-10-8-9-24-17-25(19-38-32(24)31)23-11-16-29-28(18-23)33-30(20-37-29)39(6)35(42)40(33)27-14-12-26(13-15-27)36(3,4)5/h8-20H,2,7,21H2,1,3-6H3. The fourth-order valence-corrected chi connectivity index (χ4v) is 5.39. The van der Waals surface area contributed by atoms with Crippen LogP contribution in [0.5, 0.6) is 5.75 Å². The molecule has 0 aliphatic heterocycles. The Morgan fingerprint density at radius 3 is 2.45 bits per heavy atom. The van der Waals surface area contributed by atoms with Gasteiger partial charge in [-0.3, -0.25) is 19.1 Å². The molecule has 0 spiro atoms. The molecule has 0 atom stereocenters. The number of imidazole rings is 1. The van der Waals surface area contributed by atoms with Crippen LogP contribution in [0.3, 0.4) is 0 Å². The molecule has 0 unspecified atom stereocenters. The number of rotatable bonds is 7. The fourth-order valence-electron chi connectivity index (χ4n) is 5.39. The number of carbonyl (C=O) groups is 1. The second kappa shape index (κ2) is 11.1. The normalized spacial score (nSPS) is 11.8. The number of hydrogen-bond acceptors (Lipinski definition) is 6. The molecule has 222 valence electrons. The van der Waals surface area contributed by atoms with E-state index in [1.807, 2.05) is 48.5 Å². The summed E-state index contributed by atoms with van der Waals surface area (Å²) in [6.45, 7) is 12.3. The zero-order valence-electron chi connectivity index (χ0n) is 25.5. The molecule has 0 bridgehead atoms. The minimum absolute atomic E-state index is 0.00573. The van der Waals surface area contributed by atoms with Crippen molar-refractivity contribution in [1.29, 1.82) is 0 Å². The molecule has 0 saturated heterocycles. The first-order chi connectivity index (χ1) is 21.1. The monoisotopic (exact) mass is 586 g/mol. The van der Waals surface area contributed by atoms with Crippen LogP contribution in [-0.2, 0) is 22.0 Å². The van der Waals surface area contributed by atoms with Gasteiger partial charge < -0.3 is 9.47 Å². The molecule has 0 N–H and O–H groups in total. The highest BCUT2D eigenvalue weighted by Gasteiger charge is 2.19. The molecule has 44 heavy (non-hydrogen) atoms. The SMILES string of the molecule is C=C(COc1cccc2cc(-c3ccc4ncc5c(c4c3)n(-c3ccc(C(C)(C)C)cc3)c(=O)n5C)cnc12)C(=O)OCC. The maximum absolute atomic E-state index is 13.6. The number of carbonyl (C=O) groups excluding carboxylic acids is 1. The van der Waals surface area contributed by atoms with Crippen molar-refractivity contribution in [3.63, 3.8) is 0 Å². The summed E-state index contributed by atoms with van der Waals surface area (Å²) in [5.41, 5.74) is 6.98. The van der Waals surface area contributed by atoms with Gasteiger partial charge in [-0.05, 0) is 59.9 Å². The van der Waals surface area contributed by atoms with Gasteiger partial charge in [-0.15, -0.1) is 0 Å². The maximum Gasteiger partial charge on any atom is 0.336 e. The van der Waals surface area contributed by atoms with E-state index in [1.165, 1.54) is 5.56 Å². The van der Waals surface area contributed by atoms with E-state index in [0.717, 1.165) is 44.1 Å². The number of nitrogens with zero attached hydrogens (tertiary/aromatic N) is 4. The van der Waals surface area contributed by atoms with Crippen LogP contribution in [0.2, 0.25) is 0 Å². The number of para-hydroxylation sites is 1. The zero-order valence-corrected chi connectivity index (χ0v) is 25.5. The predicted octanol–water partition coefficient (Wildman–Crippen LogP) is 6.89. The molecule has 6 rings (SSSR count). The van der Waals surface area contributed by atoms with Crippen LogP contribution >= 0.6 is 0 Å². The quantitative estimate of drug-likeness (QED) is 0.150. The Bertz CT molecular complexity index is 2130. The summed E-state index contributed by atoms with van der Waals surface area (Å²) in [7, 11) is 1.77. The molecule has 8 nitrogen and oxygen atoms in total. The van der Waals surface area contributed by atoms with E-state index in [0.29, 0.717) is 11.3 Å². The Kier molecular flexibility index (Phi) is 7.29. The van der Waals surface area contributed by atoms with Crippen LogP contribution in [0.15, 0.2) is 96.1 Å². The molecule has 0 radical (unpaired) electrons. The third kappa shape index (κ3) is 5.13. The van der Waals surface area contributed by atoms with E-state index >= 15 is 0 Å². The summed E-state index contributed by atoms with van der Waals surface area (Å²) in [5, 5.41) is 1.75. The third-order valence-corrected chi connectivity index (χ3v) is 7.85. The number of benzene rings is 3. The Hall–Kier alpha value is -5.24. The maximum atomic E-state index is 13.6. The largest absolute Gasteiger partial charge is 0.486 e. The van der Waals surface area contributed by atoms with Gasteiger partial charge in [0.15, 0.2) is 0 Å². The Morgan fingerprint density at radius 1 is 0.955 bits per heavy atom. The molecule has 3 heterocycles. The van der Waals surface area contributed by atoms with Crippen LogP contribution in [0, 0.1) is 0 Å². The molecule has 0 aliphatic carbocycles. The lowest BCUT2D eigenvalue weighted by Gasteiger charge is -2.19. The van der Waals surface area contributed by atoms with Gasteiger partial charge in [0.1, 0.15) is 17.9 Å². The molecule has 0 saturated carbocycles. The molecule has 0 amide bonds. The van der Waals surface area contributed by atoms with Crippen molar-refractivity contribution in [1.82, 2.24) is 19.1 Å². The van der Waals surface area contributed by atoms with Crippen LogP contribution in [0.1, 0.15) is 33.3 Å². The average molecular weight is 587 g/mol. The van der Waals surface area contributed by atoms with Crippen molar-refractivity contribution in [2.45, 2.75) is 33.1 Å². The molecule has 8 heteroatoms. The van der Waals surface area contributed by atoms with E-state index in [4.69, 9.17) is 14.5 Å². The number of ether oxygens (including phenoxy) is 2. The number of fused-ring (bicyclic) bond motifs is 4. The Labute approximate surface area is 255 Å². The number of aryl methyl sites for hydroxylation is 1. The van der Waals surface area contributed by atoms with Crippen molar-refractivity contribution in [3.8, 4) is 22.6 Å². The lowest BCUT2D eigenvalue weighted by molar-refractivity contribution is -0.138. The minimum atomic E-state index is -0.478. The van der Waals surface area contributed by atoms with Crippen molar-refractivity contribution in [2.24, 2.45) is 7.05 Å². The summed E-state index contributed by atoms with van der Waals surface area (Å²) in [5.74, 6) is 0.0725. The van der Waals surface area contributed by atoms with Crippen molar-refractivity contribution in [3.05, 3.63) is 107 Å². The van der Waals surface area contributed by atoms with Gasteiger partial charge in [-0.25, -0.2) is 9.59 Å². The second-order valence-electron chi connectivity index (χ2n) is 11.9. The number of hydrogen-bond donors (Lipinski definition) is 0. The first kappa shape index (κ1) is 28.9. The van der Waals surface area contributed by atoms with Gasteiger partial charge >= 0.3 is 11.7 Å². The molecule has 3 aromatic heterocycles. The first-order valence-corrected chi connectivity index (χ1v) is 14.5. The van der Waals surface area contributed by atoms with Crippen molar-refractivity contribution < 1.29 is 14.3 Å². The fraction of sp³-hybridized carbons (Fsp3) is 0.222. The number of aromatic nitrogens is 4. The van der Waals surface area contributed by atoms with Crippen LogP contribution in [0.25, 0.3) is 49.7 Å². The summed E-state index contributed by atoms with van der Waals surface area (Å²) >= 11 is 0. The molecule has 6 aromatic rings. The average Bonchev–Trinajstić information content (AvgIpc) is 3.28. The van der Waals surface area contributed by atoms with Gasteiger partial charge in [0.25, 0.3) is 0 Å². The summed E-state index contributed by atoms with van der Waals surface area (Å²) < 4.78 is 14.3. The van der Waals surface area contributed by atoms with Crippen molar-refractivity contribution in [2.75, 3.05) is 13.2 Å². The molecular formula is C36H34N4O4. The highest BCUT2D eigenvalue weighted by molar-refractivity contribution is 6.05. The highest BCUT2D eigenvalue weighted by Crippen LogP contribution is 2.33. The summed E-state index contributed by atoms with van der Waals surface area (Å²) in [6.07, 6.45) is 3.56. The van der Waals surface area contributed by atoms with Gasteiger partial charge in [0.2, 0.25) is 0 Å². The lowest BCUT2D eigenvalue weighted by atomic mass is 9.87. The first-order valence-electron chi connectivity index (χ1n) is 14.5.